The first kappa shape index (κ1) is 13.4. The van der Waals surface area contributed by atoms with E-state index in [4.69, 9.17) is 4.74 Å². The molecule has 0 spiro atoms. The predicted molar refractivity (Wildman–Crippen MR) is 56.6 cm³/mol. The van der Waals surface area contributed by atoms with E-state index >= 15 is 0 Å². The van der Waals surface area contributed by atoms with Crippen LogP contribution in [0.5, 0.6) is 0 Å². The van der Waals surface area contributed by atoms with Crippen LogP contribution in [-0.2, 0) is 16.1 Å². The van der Waals surface area contributed by atoms with Gasteiger partial charge in [-0.3, -0.25) is 0 Å². The Balaban J connectivity index is 2.09. The summed E-state index contributed by atoms with van der Waals surface area (Å²) in [6.07, 6.45) is -0.660. The van der Waals surface area contributed by atoms with Crippen LogP contribution in [0.25, 0.3) is 0 Å². The molecule has 0 radical (unpaired) electrons. The van der Waals surface area contributed by atoms with Crippen LogP contribution in [0.1, 0.15) is 5.56 Å². The number of ether oxygens (including phenoxy) is 2. The van der Waals surface area contributed by atoms with Crippen LogP contribution in [0.3, 0.4) is 0 Å². The molecule has 1 N–H and O–H groups in total. The maximum Gasteiger partial charge on any atom is 0.407 e. The van der Waals surface area contributed by atoms with E-state index in [0.29, 0.717) is 0 Å². The Labute approximate surface area is 97.5 Å². The Morgan fingerprint density at radius 3 is 2.65 bits per heavy atom. The van der Waals surface area contributed by atoms with Crippen LogP contribution in [0, 0.1) is 0 Å². The van der Waals surface area contributed by atoms with E-state index in [9.17, 15) is 13.6 Å². The molecule has 17 heavy (non-hydrogen) atoms. The molecule has 0 unspecified atom stereocenters. The Bertz CT molecular complexity index is 333. The maximum atomic E-state index is 11.6. The molecule has 0 aliphatic heterocycles. The lowest BCUT2D eigenvalue weighted by atomic mass is 10.2. The average Bonchev–Trinajstić information content (AvgIpc) is 2.33. The molecule has 1 aromatic rings. The number of carbonyl (C=O) groups excluding carboxylic acids is 1. The summed E-state index contributed by atoms with van der Waals surface area (Å²) in [4.78, 5) is 11.1. The van der Waals surface area contributed by atoms with Gasteiger partial charge < -0.3 is 14.8 Å². The Hall–Kier alpha value is -1.69. The highest BCUT2D eigenvalue weighted by atomic mass is 19.3. The van der Waals surface area contributed by atoms with Crippen molar-refractivity contribution in [1.29, 1.82) is 0 Å². The third-order valence-electron chi connectivity index (χ3n) is 1.83. The minimum Gasteiger partial charge on any atom is -0.445 e. The first-order valence-electron chi connectivity index (χ1n) is 5.03. The van der Waals surface area contributed by atoms with Gasteiger partial charge >= 0.3 is 12.7 Å². The smallest absolute Gasteiger partial charge is 0.407 e. The van der Waals surface area contributed by atoms with Gasteiger partial charge in [-0.05, 0) is 5.56 Å². The quantitative estimate of drug-likeness (QED) is 0.781. The molecule has 0 fully saturated rings. The number of alkyl halides is 2. The van der Waals surface area contributed by atoms with Gasteiger partial charge in [0.15, 0.2) is 0 Å². The lowest BCUT2D eigenvalue weighted by Crippen LogP contribution is -2.28. The van der Waals surface area contributed by atoms with Crippen molar-refractivity contribution in [2.75, 3.05) is 13.2 Å². The Morgan fingerprint density at radius 1 is 1.29 bits per heavy atom. The van der Waals surface area contributed by atoms with Crippen molar-refractivity contribution in [2.45, 2.75) is 13.2 Å². The van der Waals surface area contributed by atoms with Crippen molar-refractivity contribution in [3.05, 3.63) is 35.9 Å². The van der Waals surface area contributed by atoms with Crippen LogP contribution < -0.4 is 5.32 Å². The van der Waals surface area contributed by atoms with E-state index < -0.39 is 12.7 Å². The highest BCUT2D eigenvalue weighted by molar-refractivity contribution is 5.67. The minimum absolute atomic E-state index is 0.0159. The molecule has 0 saturated carbocycles. The number of halogens is 2. The second-order valence-electron chi connectivity index (χ2n) is 3.12. The highest BCUT2D eigenvalue weighted by Gasteiger charge is 2.04. The lowest BCUT2D eigenvalue weighted by Gasteiger charge is -2.07. The van der Waals surface area contributed by atoms with Crippen molar-refractivity contribution < 1.29 is 23.0 Å². The normalized spacial score (nSPS) is 10.3. The molecule has 0 heterocycles. The van der Waals surface area contributed by atoms with Gasteiger partial charge in [0.2, 0.25) is 0 Å². The molecular formula is C11H13F2NO3. The number of carbonyl (C=O) groups is 1. The zero-order valence-electron chi connectivity index (χ0n) is 9.07. The predicted octanol–water partition coefficient (Wildman–Crippen LogP) is 2.15. The number of nitrogens with one attached hydrogen (secondary N) is 1. The summed E-state index contributed by atoms with van der Waals surface area (Å²) >= 11 is 0. The zero-order chi connectivity index (χ0) is 12.5. The number of amides is 1. The van der Waals surface area contributed by atoms with Crippen LogP contribution in [-0.4, -0.2) is 25.9 Å². The standard InChI is InChI=1S/C11H13F2NO3/c12-10(13)16-7-6-14-11(15)17-8-9-4-2-1-3-5-9/h1-5,10H,6-8H2,(H,14,15). The molecule has 0 atom stereocenters. The molecule has 6 heteroatoms. The third-order valence-corrected chi connectivity index (χ3v) is 1.83. The fourth-order valence-corrected chi connectivity index (χ4v) is 1.08. The van der Waals surface area contributed by atoms with Gasteiger partial charge in [0.05, 0.1) is 6.61 Å². The maximum absolute atomic E-state index is 11.6. The first-order chi connectivity index (χ1) is 8.18. The van der Waals surface area contributed by atoms with E-state index in [-0.39, 0.29) is 19.8 Å². The minimum atomic E-state index is -2.82. The van der Waals surface area contributed by atoms with Crippen LogP contribution in [0.4, 0.5) is 13.6 Å². The summed E-state index contributed by atoms with van der Waals surface area (Å²) in [5.74, 6) is 0. The van der Waals surface area contributed by atoms with Crippen molar-refractivity contribution in [2.24, 2.45) is 0 Å². The third kappa shape index (κ3) is 6.47. The summed E-state index contributed by atoms with van der Waals surface area (Å²) < 4.78 is 31.9. The van der Waals surface area contributed by atoms with Crippen molar-refractivity contribution >= 4 is 6.09 Å². The van der Waals surface area contributed by atoms with E-state index in [2.05, 4.69) is 10.1 Å². The topological polar surface area (TPSA) is 47.6 Å². The van der Waals surface area contributed by atoms with E-state index in [0.717, 1.165) is 5.56 Å². The summed E-state index contributed by atoms with van der Waals surface area (Å²) in [5.41, 5.74) is 0.853. The largest absolute Gasteiger partial charge is 0.445 e. The molecule has 0 bridgehead atoms. The Morgan fingerprint density at radius 2 is 2.00 bits per heavy atom. The fraction of sp³-hybridized carbons (Fsp3) is 0.364. The Kier molecular flexibility index (Phi) is 5.95. The average molecular weight is 245 g/mol. The molecule has 0 aliphatic carbocycles. The van der Waals surface area contributed by atoms with Gasteiger partial charge in [-0.2, -0.15) is 8.78 Å². The number of alkyl carbamates (subject to hydrolysis) is 1. The van der Waals surface area contributed by atoms with E-state index in [1.807, 2.05) is 30.3 Å². The summed E-state index contributed by atoms with van der Waals surface area (Å²) in [7, 11) is 0. The van der Waals surface area contributed by atoms with Gasteiger partial charge in [0, 0.05) is 6.54 Å². The second-order valence-corrected chi connectivity index (χ2v) is 3.12. The molecule has 0 aliphatic rings. The monoisotopic (exact) mass is 245 g/mol. The summed E-state index contributed by atoms with van der Waals surface area (Å²) in [6, 6.07) is 9.13. The van der Waals surface area contributed by atoms with Gasteiger partial charge in [-0.15, -0.1) is 0 Å². The van der Waals surface area contributed by atoms with Gasteiger partial charge in [0.1, 0.15) is 6.61 Å². The zero-order valence-corrected chi connectivity index (χ0v) is 9.07. The molecule has 0 saturated heterocycles. The lowest BCUT2D eigenvalue weighted by molar-refractivity contribution is -0.127. The highest BCUT2D eigenvalue weighted by Crippen LogP contribution is 2.00. The number of rotatable bonds is 6. The fourth-order valence-electron chi connectivity index (χ4n) is 1.08. The molecule has 0 aromatic heterocycles. The van der Waals surface area contributed by atoms with Crippen molar-refractivity contribution in [1.82, 2.24) is 5.32 Å². The van der Waals surface area contributed by atoms with Crippen molar-refractivity contribution in [3.63, 3.8) is 0 Å². The van der Waals surface area contributed by atoms with E-state index in [1.54, 1.807) is 0 Å². The van der Waals surface area contributed by atoms with Crippen LogP contribution >= 0.6 is 0 Å². The van der Waals surface area contributed by atoms with Gasteiger partial charge in [0.25, 0.3) is 0 Å². The second kappa shape index (κ2) is 7.56. The van der Waals surface area contributed by atoms with Crippen LogP contribution in [0.2, 0.25) is 0 Å². The molecular weight excluding hydrogens is 232 g/mol. The van der Waals surface area contributed by atoms with E-state index in [1.165, 1.54) is 0 Å². The van der Waals surface area contributed by atoms with Gasteiger partial charge in [-0.1, -0.05) is 30.3 Å². The molecule has 1 rings (SSSR count). The summed E-state index contributed by atoms with van der Waals surface area (Å²) in [5, 5.41) is 2.29. The molecule has 1 aromatic carbocycles. The van der Waals surface area contributed by atoms with Gasteiger partial charge in [-0.25, -0.2) is 4.79 Å². The molecule has 1 amide bonds. The SMILES string of the molecule is O=C(NCCOC(F)F)OCc1ccccc1. The number of hydrogen-bond acceptors (Lipinski definition) is 3. The molecule has 4 nitrogen and oxygen atoms in total. The van der Waals surface area contributed by atoms with Crippen molar-refractivity contribution in [3.8, 4) is 0 Å². The number of benzene rings is 1. The summed E-state index contributed by atoms with van der Waals surface area (Å²) in [6.45, 7) is -2.95. The van der Waals surface area contributed by atoms with Crippen LogP contribution in [0.15, 0.2) is 30.3 Å². The molecule has 94 valence electrons. The first-order valence-corrected chi connectivity index (χ1v) is 5.03. The number of hydrogen-bond donors (Lipinski definition) is 1.